The van der Waals surface area contributed by atoms with Gasteiger partial charge in [-0.15, -0.1) is 0 Å². The van der Waals surface area contributed by atoms with Crippen molar-refractivity contribution in [3.05, 3.63) is 108 Å². The molecule has 5 atom stereocenters. The fourth-order valence-electron chi connectivity index (χ4n) is 4.13. The van der Waals surface area contributed by atoms with Crippen molar-refractivity contribution < 1.29 is 36.7 Å². The van der Waals surface area contributed by atoms with Crippen LogP contribution in [-0.4, -0.2) is 57.1 Å². The number of hydrogen-bond donors (Lipinski definition) is 1. The number of hydrogen-bond acceptors (Lipinski definition) is 8. The second-order valence-electron chi connectivity index (χ2n) is 8.85. The third kappa shape index (κ3) is 8.44. The monoisotopic (exact) mass is 528 g/mol. The van der Waals surface area contributed by atoms with E-state index in [1.54, 1.807) is 0 Å². The van der Waals surface area contributed by atoms with Gasteiger partial charge < -0.3 is 24.1 Å². The van der Waals surface area contributed by atoms with Crippen LogP contribution in [0.3, 0.4) is 0 Å². The Morgan fingerprint density at radius 3 is 1.65 bits per heavy atom. The minimum Gasteiger partial charge on any atom is -0.374 e. The molecule has 0 unspecified atom stereocenters. The molecule has 0 aromatic heterocycles. The van der Waals surface area contributed by atoms with E-state index in [1.807, 2.05) is 91.0 Å². The van der Waals surface area contributed by atoms with Gasteiger partial charge in [0.1, 0.15) is 18.3 Å². The van der Waals surface area contributed by atoms with Crippen molar-refractivity contribution in [2.45, 2.75) is 50.5 Å². The van der Waals surface area contributed by atoms with Crippen molar-refractivity contribution in [3.8, 4) is 0 Å². The molecule has 0 saturated carbocycles. The van der Waals surface area contributed by atoms with E-state index >= 15 is 0 Å². The number of benzene rings is 3. The molecule has 0 aliphatic carbocycles. The van der Waals surface area contributed by atoms with Gasteiger partial charge in [0.15, 0.2) is 12.4 Å². The molecule has 1 heterocycles. The maximum Gasteiger partial charge on any atom is 0.264 e. The molecule has 0 amide bonds. The summed E-state index contributed by atoms with van der Waals surface area (Å²) in [6.45, 7) is 0.796. The normalized spacial score (nSPS) is 24.1. The first-order chi connectivity index (χ1) is 17.9. The molecule has 0 radical (unpaired) electrons. The summed E-state index contributed by atoms with van der Waals surface area (Å²) >= 11 is 0. The number of ether oxygens (including phenoxy) is 4. The quantitative estimate of drug-likeness (QED) is 0.357. The zero-order valence-electron chi connectivity index (χ0n) is 20.6. The molecule has 1 aliphatic rings. The van der Waals surface area contributed by atoms with E-state index in [0.29, 0.717) is 6.61 Å². The van der Waals surface area contributed by atoms with Crippen molar-refractivity contribution in [2.24, 2.45) is 0 Å². The molecule has 0 spiro atoms. The van der Waals surface area contributed by atoms with E-state index in [2.05, 4.69) is 0 Å². The molecule has 37 heavy (non-hydrogen) atoms. The van der Waals surface area contributed by atoms with Gasteiger partial charge in [-0.3, -0.25) is 4.18 Å². The van der Waals surface area contributed by atoms with Gasteiger partial charge in [0, 0.05) is 0 Å². The largest absolute Gasteiger partial charge is 0.374 e. The molecule has 198 valence electrons. The second-order valence-corrected chi connectivity index (χ2v) is 10.5. The topological polar surface area (TPSA) is 101 Å². The van der Waals surface area contributed by atoms with Crippen LogP contribution in [0.4, 0.5) is 0 Å². The van der Waals surface area contributed by atoms with Crippen molar-refractivity contribution in [1.82, 2.24) is 0 Å². The standard InChI is InChI=1S/C28H32O8S/c1-37(30,31)36-27-26(34-19-23-15-9-4-10-16-23)25(33-18-22-13-7-3-8-14-22)24(35-28(27)29)20-32-17-21-11-5-2-6-12-21/h2-16,24-29H,17-20H2,1H3/t24-,25-,26+,27-,28-/m1/s1. The lowest BCUT2D eigenvalue weighted by atomic mass is 9.98. The Bertz CT molecular complexity index is 1170. The van der Waals surface area contributed by atoms with E-state index in [9.17, 15) is 13.5 Å². The summed E-state index contributed by atoms with van der Waals surface area (Å²) in [5, 5.41) is 10.8. The minimum absolute atomic E-state index is 0.0855. The number of rotatable bonds is 12. The van der Waals surface area contributed by atoms with E-state index in [1.165, 1.54) is 0 Å². The predicted molar refractivity (Wildman–Crippen MR) is 137 cm³/mol. The van der Waals surface area contributed by atoms with Gasteiger partial charge in [-0.25, -0.2) is 0 Å². The lowest BCUT2D eigenvalue weighted by Gasteiger charge is -2.43. The fourth-order valence-corrected chi connectivity index (χ4v) is 4.73. The molecule has 1 aliphatic heterocycles. The van der Waals surface area contributed by atoms with Crippen LogP contribution in [0.5, 0.6) is 0 Å². The highest BCUT2D eigenvalue weighted by atomic mass is 32.2. The van der Waals surface area contributed by atoms with Gasteiger partial charge in [-0.05, 0) is 16.7 Å². The van der Waals surface area contributed by atoms with Gasteiger partial charge in [0.05, 0.1) is 32.7 Å². The first-order valence-electron chi connectivity index (χ1n) is 12.0. The Morgan fingerprint density at radius 2 is 1.16 bits per heavy atom. The smallest absolute Gasteiger partial charge is 0.264 e. The van der Waals surface area contributed by atoms with Crippen LogP contribution in [0.25, 0.3) is 0 Å². The van der Waals surface area contributed by atoms with Crippen LogP contribution >= 0.6 is 0 Å². The highest BCUT2D eigenvalue weighted by molar-refractivity contribution is 7.86. The molecule has 8 nitrogen and oxygen atoms in total. The Morgan fingerprint density at radius 1 is 0.703 bits per heavy atom. The molecule has 1 fully saturated rings. The van der Waals surface area contributed by atoms with E-state index in [0.717, 1.165) is 22.9 Å². The summed E-state index contributed by atoms with van der Waals surface area (Å²) in [5.74, 6) is 0. The third-order valence-corrected chi connectivity index (χ3v) is 6.43. The molecular weight excluding hydrogens is 496 g/mol. The van der Waals surface area contributed by atoms with Crippen molar-refractivity contribution in [2.75, 3.05) is 12.9 Å². The maximum atomic E-state index is 12.1. The summed E-state index contributed by atoms with van der Waals surface area (Å²) in [6.07, 6.45) is -4.49. The van der Waals surface area contributed by atoms with Crippen molar-refractivity contribution >= 4 is 10.1 Å². The lowest BCUT2D eigenvalue weighted by molar-refractivity contribution is -0.301. The van der Waals surface area contributed by atoms with Gasteiger partial charge in [0.2, 0.25) is 0 Å². The Balaban J connectivity index is 1.56. The highest BCUT2D eigenvalue weighted by Crippen LogP contribution is 2.30. The number of aliphatic hydroxyl groups is 1. The summed E-state index contributed by atoms with van der Waals surface area (Å²) in [7, 11) is -3.94. The Labute approximate surface area is 217 Å². The van der Waals surface area contributed by atoms with Gasteiger partial charge >= 0.3 is 0 Å². The highest BCUT2D eigenvalue weighted by Gasteiger charge is 2.49. The average molecular weight is 529 g/mol. The second kappa shape index (κ2) is 13.3. The van der Waals surface area contributed by atoms with E-state index < -0.39 is 40.8 Å². The van der Waals surface area contributed by atoms with Crippen molar-refractivity contribution in [1.29, 1.82) is 0 Å². The zero-order valence-corrected chi connectivity index (χ0v) is 21.4. The molecule has 1 N–H and O–H groups in total. The van der Waals surface area contributed by atoms with Gasteiger partial charge in [0.25, 0.3) is 10.1 Å². The van der Waals surface area contributed by atoms with E-state index in [-0.39, 0.29) is 19.8 Å². The summed E-state index contributed by atoms with van der Waals surface area (Å²) < 4.78 is 53.5. The number of aliphatic hydroxyl groups excluding tert-OH is 1. The molecular formula is C28H32O8S. The predicted octanol–water partition coefficient (Wildman–Crippen LogP) is 3.44. The lowest BCUT2D eigenvalue weighted by Crippen LogP contribution is -2.61. The Kier molecular flexibility index (Phi) is 9.81. The van der Waals surface area contributed by atoms with Crippen LogP contribution in [0, 0.1) is 0 Å². The summed E-state index contributed by atoms with van der Waals surface area (Å²) in [6, 6.07) is 28.7. The minimum atomic E-state index is -3.94. The first kappa shape index (κ1) is 27.4. The molecule has 3 aromatic rings. The SMILES string of the molecule is CS(=O)(=O)O[C@@H]1[C@@H](OCc2ccccc2)[C@H](OCc2ccccc2)[C@@H](COCc2ccccc2)O[C@H]1O. The van der Waals surface area contributed by atoms with Crippen LogP contribution in [0.15, 0.2) is 91.0 Å². The van der Waals surface area contributed by atoms with Crippen LogP contribution in [-0.2, 0) is 53.1 Å². The van der Waals surface area contributed by atoms with Crippen LogP contribution in [0.1, 0.15) is 16.7 Å². The third-order valence-electron chi connectivity index (χ3n) is 5.86. The summed E-state index contributed by atoms with van der Waals surface area (Å²) in [4.78, 5) is 0. The molecule has 9 heteroatoms. The first-order valence-corrected chi connectivity index (χ1v) is 13.9. The fraction of sp³-hybridized carbons (Fsp3) is 0.357. The van der Waals surface area contributed by atoms with Crippen LogP contribution < -0.4 is 0 Å². The average Bonchev–Trinajstić information content (AvgIpc) is 2.89. The van der Waals surface area contributed by atoms with Crippen molar-refractivity contribution in [3.63, 3.8) is 0 Å². The van der Waals surface area contributed by atoms with Crippen LogP contribution in [0.2, 0.25) is 0 Å². The van der Waals surface area contributed by atoms with Gasteiger partial charge in [-0.1, -0.05) is 91.0 Å². The van der Waals surface area contributed by atoms with Gasteiger partial charge in [-0.2, -0.15) is 8.42 Å². The summed E-state index contributed by atoms with van der Waals surface area (Å²) in [5.41, 5.74) is 2.77. The maximum absolute atomic E-state index is 12.1. The molecule has 3 aromatic carbocycles. The van der Waals surface area contributed by atoms with E-state index in [4.69, 9.17) is 23.1 Å². The zero-order chi connectivity index (χ0) is 26.1. The molecule has 1 saturated heterocycles. The Hall–Kier alpha value is -2.63. The molecule has 4 rings (SSSR count). The molecule has 0 bridgehead atoms.